The van der Waals surface area contributed by atoms with Crippen molar-refractivity contribution in [1.82, 2.24) is 14.7 Å². The minimum Gasteiger partial charge on any atom is -0.497 e. The summed E-state index contributed by atoms with van der Waals surface area (Å²) >= 11 is 1.50. The number of methoxy groups -OCH3 is 2. The number of thiazole rings is 1. The number of ether oxygens (including phenoxy) is 2. The number of fused-ring (bicyclic) bond motifs is 1. The van der Waals surface area contributed by atoms with E-state index in [4.69, 9.17) is 9.47 Å². The highest BCUT2D eigenvalue weighted by Gasteiger charge is 2.21. The molecule has 0 saturated carbocycles. The van der Waals surface area contributed by atoms with Crippen molar-refractivity contribution in [2.75, 3.05) is 27.4 Å². The average molecular weight is 345 g/mol. The van der Waals surface area contributed by atoms with E-state index in [0.717, 1.165) is 28.4 Å². The van der Waals surface area contributed by atoms with E-state index >= 15 is 0 Å². The molecule has 7 heteroatoms. The molecule has 0 aliphatic rings. The Hall–Kier alpha value is -2.38. The quantitative estimate of drug-likeness (QED) is 0.669. The second-order valence-corrected chi connectivity index (χ2v) is 6.07. The summed E-state index contributed by atoms with van der Waals surface area (Å²) in [5.74, 6) is 0.559. The molecule has 0 fully saturated rings. The normalized spacial score (nSPS) is 10.9. The fourth-order valence-electron chi connectivity index (χ4n) is 2.49. The van der Waals surface area contributed by atoms with Gasteiger partial charge < -0.3 is 14.8 Å². The molecule has 24 heavy (non-hydrogen) atoms. The number of rotatable bonds is 7. The Balaban J connectivity index is 1.96. The molecule has 2 heterocycles. The van der Waals surface area contributed by atoms with E-state index in [0.29, 0.717) is 18.8 Å². The summed E-state index contributed by atoms with van der Waals surface area (Å²) in [5, 5.41) is 4.85. The van der Waals surface area contributed by atoms with E-state index < -0.39 is 0 Å². The number of benzene rings is 1. The lowest BCUT2D eigenvalue weighted by Crippen LogP contribution is -2.26. The molecule has 3 rings (SSSR count). The Morgan fingerprint density at radius 2 is 2.25 bits per heavy atom. The highest BCUT2D eigenvalue weighted by Crippen LogP contribution is 2.29. The third-order valence-corrected chi connectivity index (χ3v) is 4.39. The SMILES string of the molecule is COCCCNC(=O)c1nc2sccn2c1-c1cccc(OC)c1. The van der Waals surface area contributed by atoms with Gasteiger partial charge >= 0.3 is 0 Å². The number of imidazole rings is 1. The summed E-state index contributed by atoms with van der Waals surface area (Å²) in [4.78, 5) is 17.9. The van der Waals surface area contributed by atoms with Gasteiger partial charge in [-0.3, -0.25) is 9.20 Å². The predicted octanol–water partition coefficient (Wildman–Crippen LogP) is 2.84. The first-order chi connectivity index (χ1) is 11.7. The molecule has 0 atom stereocenters. The van der Waals surface area contributed by atoms with Crippen molar-refractivity contribution in [2.45, 2.75) is 6.42 Å². The minimum absolute atomic E-state index is 0.181. The summed E-state index contributed by atoms with van der Waals surface area (Å²) in [6, 6.07) is 7.63. The van der Waals surface area contributed by atoms with Gasteiger partial charge in [0.05, 0.1) is 12.8 Å². The molecule has 1 aromatic carbocycles. The molecular formula is C17H19N3O3S. The largest absolute Gasteiger partial charge is 0.497 e. The van der Waals surface area contributed by atoms with E-state index in [1.165, 1.54) is 11.3 Å². The topological polar surface area (TPSA) is 64.9 Å². The van der Waals surface area contributed by atoms with Crippen molar-refractivity contribution in [3.05, 3.63) is 41.5 Å². The maximum absolute atomic E-state index is 12.6. The van der Waals surface area contributed by atoms with Crippen LogP contribution in [0.15, 0.2) is 35.8 Å². The molecule has 0 unspecified atom stereocenters. The summed E-state index contributed by atoms with van der Waals surface area (Å²) in [6.07, 6.45) is 2.68. The molecule has 0 spiro atoms. The smallest absolute Gasteiger partial charge is 0.272 e. The van der Waals surface area contributed by atoms with Crippen LogP contribution in [0, 0.1) is 0 Å². The highest BCUT2D eigenvalue weighted by molar-refractivity contribution is 7.15. The lowest BCUT2D eigenvalue weighted by Gasteiger charge is -2.07. The second-order valence-electron chi connectivity index (χ2n) is 5.20. The van der Waals surface area contributed by atoms with Gasteiger partial charge in [0.2, 0.25) is 0 Å². The van der Waals surface area contributed by atoms with Gasteiger partial charge in [-0.1, -0.05) is 12.1 Å². The van der Waals surface area contributed by atoms with Gasteiger partial charge in [0.25, 0.3) is 5.91 Å². The Bertz CT molecular complexity index is 841. The van der Waals surface area contributed by atoms with Crippen LogP contribution in [-0.4, -0.2) is 42.7 Å². The second kappa shape index (κ2) is 7.46. The molecule has 2 aromatic heterocycles. The van der Waals surface area contributed by atoms with Crippen LogP contribution >= 0.6 is 11.3 Å². The predicted molar refractivity (Wildman–Crippen MR) is 93.9 cm³/mol. The van der Waals surface area contributed by atoms with Crippen molar-refractivity contribution >= 4 is 22.2 Å². The lowest BCUT2D eigenvalue weighted by atomic mass is 10.1. The molecule has 1 N–H and O–H groups in total. The number of aromatic nitrogens is 2. The maximum atomic E-state index is 12.6. The molecule has 126 valence electrons. The van der Waals surface area contributed by atoms with Crippen LogP contribution in [0.4, 0.5) is 0 Å². The van der Waals surface area contributed by atoms with Gasteiger partial charge in [-0.2, -0.15) is 0 Å². The van der Waals surface area contributed by atoms with E-state index in [-0.39, 0.29) is 5.91 Å². The first-order valence-corrected chi connectivity index (χ1v) is 8.49. The van der Waals surface area contributed by atoms with Crippen LogP contribution in [-0.2, 0) is 4.74 Å². The third kappa shape index (κ3) is 3.27. The van der Waals surface area contributed by atoms with Crippen LogP contribution in [0.1, 0.15) is 16.9 Å². The number of nitrogens with zero attached hydrogens (tertiary/aromatic N) is 2. The van der Waals surface area contributed by atoms with Gasteiger partial charge in [-0.05, 0) is 18.6 Å². The zero-order valence-corrected chi connectivity index (χ0v) is 14.4. The number of amides is 1. The summed E-state index contributed by atoms with van der Waals surface area (Å²) in [7, 11) is 3.27. The number of carbonyl (C=O) groups excluding carboxylic acids is 1. The van der Waals surface area contributed by atoms with Crippen molar-refractivity contribution in [3.63, 3.8) is 0 Å². The van der Waals surface area contributed by atoms with Crippen molar-refractivity contribution in [1.29, 1.82) is 0 Å². The average Bonchev–Trinajstić information content (AvgIpc) is 3.19. The fourth-order valence-corrected chi connectivity index (χ4v) is 3.21. The zero-order chi connectivity index (χ0) is 16.9. The number of hydrogen-bond acceptors (Lipinski definition) is 5. The van der Waals surface area contributed by atoms with E-state index in [1.54, 1.807) is 14.2 Å². The number of nitrogens with one attached hydrogen (secondary N) is 1. The Morgan fingerprint density at radius 3 is 3.04 bits per heavy atom. The Labute approximate surface area is 144 Å². The molecule has 6 nitrogen and oxygen atoms in total. The maximum Gasteiger partial charge on any atom is 0.272 e. The zero-order valence-electron chi connectivity index (χ0n) is 13.6. The first-order valence-electron chi connectivity index (χ1n) is 7.61. The van der Waals surface area contributed by atoms with Crippen molar-refractivity contribution < 1.29 is 14.3 Å². The van der Waals surface area contributed by atoms with E-state index in [9.17, 15) is 4.79 Å². The number of carbonyl (C=O) groups is 1. The van der Waals surface area contributed by atoms with Crippen LogP contribution in [0.5, 0.6) is 5.75 Å². The van der Waals surface area contributed by atoms with Crippen LogP contribution in [0.3, 0.4) is 0 Å². The lowest BCUT2D eigenvalue weighted by molar-refractivity contribution is 0.0945. The Morgan fingerprint density at radius 1 is 1.38 bits per heavy atom. The van der Waals surface area contributed by atoms with Gasteiger partial charge in [0, 0.05) is 37.4 Å². The van der Waals surface area contributed by atoms with Gasteiger partial charge in [-0.25, -0.2) is 4.98 Å². The summed E-state index contributed by atoms with van der Waals surface area (Å²) < 4.78 is 12.2. The molecule has 0 radical (unpaired) electrons. The van der Waals surface area contributed by atoms with Crippen molar-refractivity contribution in [2.24, 2.45) is 0 Å². The molecule has 1 amide bonds. The van der Waals surface area contributed by atoms with Crippen LogP contribution in [0.2, 0.25) is 0 Å². The van der Waals surface area contributed by atoms with E-state index in [1.807, 2.05) is 40.2 Å². The monoisotopic (exact) mass is 345 g/mol. The molecule has 0 bridgehead atoms. The Kier molecular flexibility index (Phi) is 5.12. The third-order valence-electron chi connectivity index (χ3n) is 3.63. The molecular weight excluding hydrogens is 326 g/mol. The molecule has 3 aromatic rings. The number of hydrogen-bond donors (Lipinski definition) is 1. The molecule has 0 aliphatic heterocycles. The molecule has 0 aliphatic carbocycles. The highest BCUT2D eigenvalue weighted by atomic mass is 32.1. The molecule has 0 saturated heterocycles. The van der Waals surface area contributed by atoms with Crippen LogP contribution < -0.4 is 10.1 Å². The summed E-state index contributed by atoms with van der Waals surface area (Å²) in [6.45, 7) is 1.16. The van der Waals surface area contributed by atoms with Gasteiger partial charge in [0.1, 0.15) is 5.75 Å². The summed E-state index contributed by atoms with van der Waals surface area (Å²) in [5.41, 5.74) is 2.09. The minimum atomic E-state index is -0.181. The van der Waals surface area contributed by atoms with E-state index in [2.05, 4.69) is 10.3 Å². The first kappa shape index (κ1) is 16.5. The van der Waals surface area contributed by atoms with Gasteiger partial charge in [-0.15, -0.1) is 11.3 Å². The van der Waals surface area contributed by atoms with Gasteiger partial charge in [0.15, 0.2) is 10.7 Å². The standard InChI is InChI=1S/C17H19N3O3S/c1-22-9-4-7-18-16(21)14-15(20-8-10-24-17(20)19-14)12-5-3-6-13(11-12)23-2/h3,5-6,8,10-11H,4,7,9H2,1-2H3,(H,18,21). The van der Waals surface area contributed by atoms with Crippen molar-refractivity contribution in [3.8, 4) is 17.0 Å². The fraction of sp³-hybridized carbons (Fsp3) is 0.294. The van der Waals surface area contributed by atoms with Crippen LogP contribution in [0.25, 0.3) is 16.2 Å².